The summed E-state index contributed by atoms with van der Waals surface area (Å²) in [4.78, 5) is 31.6. The summed E-state index contributed by atoms with van der Waals surface area (Å²) in [6.45, 7) is 2.51. The van der Waals surface area contributed by atoms with Crippen LogP contribution < -0.4 is 10.2 Å². The van der Waals surface area contributed by atoms with Crippen LogP contribution in [-0.4, -0.2) is 39.6 Å². The highest BCUT2D eigenvalue weighted by Gasteiger charge is 2.34. The predicted molar refractivity (Wildman–Crippen MR) is 97.9 cm³/mol. The Balaban J connectivity index is 1.57. The molecule has 0 radical (unpaired) electrons. The molecule has 4 rings (SSSR count). The van der Waals surface area contributed by atoms with Crippen LogP contribution in [0.2, 0.25) is 0 Å². The number of anilines is 1. The third-order valence-corrected chi connectivity index (χ3v) is 4.67. The van der Waals surface area contributed by atoms with E-state index in [0.717, 1.165) is 16.6 Å². The lowest BCUT2D eigenvalue weighted by molar-refractivity contribution is -0.118. The van der Waals surface area contributed by atoms with Crippen LogP contribution in [0.15, 0.2) is 42.6 Å². The van der Waals surface area contributed by atoms with Crippen molar-refractivity contribution in [2.24, 2.45) is 0 Å². The van der Waals surface area contributed by atoms with E-state index in [2.05, 4.69) is 20.5 Å². The van der Waals surface area contributed by atoms with Crippen LogP contribution in [0.5, 0.6) is 0 Å². The van der Waals surface area contributed by atoms with Crippen molar-refractivity contribution in [1.29, 1.82) is 0 Å². The van der Waals surface area contributed by atoms with Gasteiger partial charge in [-0.25, -0.2) is 0 Å². The molecule has 0 spiro atoms. The molecule has 1 aliphatic heterocycles. The van der Waals surface area contributed by atoms with Crippen molar-refractivity contribution >= 4 is 28.5 Å². The lowest BCUT2D eigenvalue weighted by Gasteiger charge is -2.16. The molecule has 0 saturated carbocycles. The van der Waals surface area contributed by atoms with E-state index >= 15 is 0 Å². The molecule has 132 valence electrons. The maximum Gasteiger partial charge on any atom is 0.253 e. The number of aryl methyl sites for hydroxylation is 1. The lowest BCUT2D eigenvalue weighted by atomic mass is 10.1. The van der Waals surface area contributed by atoms with Crippen molar-refractivity contribution in [2.45, 2.75) is 25.8 Å². The highest BCUT2D eigenvalue weighted by atomic mass is 16.2. The van der Waals surface area contributed by atoms with Crippen molar-refractivity contribution in [3.63, 3.8) is 0 Å². The number of H-pyrrole nitrogens is 1. The van der Waals surface area contributed by atoms with Gasteiger partial charge in [-0.1, -0.05) is 25.1 Å². The first-order valence-corrected chi connectivity index (χ1v) is 8.67. The molecule has 2 N–H and O–H groups in total. The third-order valence-electron chi connectivity index (χ3n) is 4.67. The molecule has 0 bridgehead atoms. The van der Waals surface area contributed by atoms with E-state index in [9.17, 15) is 9.59 Å². The Kier molecular flexibility index (Phi) is 4.12. The van der Waals surface area contributed by atoms with Crippen LogP contribution in [-0.2, 0) is 11.2 Å². The zero-order chi connectivity index (χ0) is 18.1. The van der Waals surface area contributed by atoms with Gasteiger partial charge >= 0.3 is 0 Å². The SMILES string of the molecule is CCc1nc2ccccc2cc1C(=O)NC1CCN(c2ccn[nH]2)C1=O. The number of fused-ring (bicyclic) bond motifs is 1. The largest absolute Gasteiger partial charge is 0.340 e. The maximum absolute atomic E-state index is 12.8. The molecule has 7 heteroatoms. The number of hydrogen-bond acceptors (Lipinski definition) is 4. The molecule has 2 aromatic heterocycles. The van der Waals surface area contributed by atoms with E-state index in [1.165, 1.54) is 0 Å². The molecule has 3 aromatic rings. The van der Waals surface area contributed by atoms with Crippen LogP contribution in [0.25, 0.3) is 10.9 Å². The van der Waals surface area contributed by atoms with Gasteiger partial charge in [0.15, 0.2) is 0 Å². The summed E-state index contributed by atoms with van der Waals surface area (Å²) in [6.07, 6.45) is 2.81. The van der Waals surface area contributed by atoms with E-state index in [-0.39, 0.29) is 11.8 Å². The highest BCUT2D eigenvalue weighted by molar-refractivity contribution is 6.04. The number of pyridine rings is 1. The van der Waals surface area contributed by atoms with Crippen molar-refractivity contribution in [3.8, 4) is 0 Å². The van der Waals surface area contributed by atoms with E-state index in [1.807, 2.05) is 37.3 Å². The molecule has 1 fully saturated rings. The summed E-state index contributed by atoms with van der Waals surface area (Å²) in [5.74, 6) is 0.257. The standard InChI is InChI=1S/C19H19N5O2/c1-2-14-13(11-12-5-3-4-6-15(12)21-14)18(25)22-16-8-10-24(19(16)26)17-7-9-20-23-17/h3-7,9,11,16H,2,8,10H2,1H3,(H,20,23)(H,22,25). The smallest absolute Gasteiger partial charge is 0.253 e. The fraction of sp³-hybridized carbons (Fsp3) is 0.263. The van der Waals surface area contributed by atoms with Crippen molar-refractivity contribution < 1.29 is 9.59 Å². The lowest BCUT2D eigenvalue weighted by Crippen LogP contribution is -2.42. The first-order valence-electron chi connectivity index (χ1n) is 8.67. The Labute approximate surface area is 150 Å². The number of aromatic amines is 1. The van der Waals surface area contributed by atoms with Gasteiger partial charge in [0.2, 0.25) is 0 Å². The fourth-order valence-electron chi connectivity index (χ4n) is 3.31. The molecule has 3 heterocycles. The van der Waals surface area contributed by atoms with Crippen LogP contribution >= 0.6 is 0 Å². The van der Waals surface area contributed by atoms with Crippen LogP contribution in [0.1, 0.15) is 29.4 Å². The number of para-hydroxylation sites is 1. The maximum atomic E-state index is 12.8. The van der Waals surface area contributed by atoms with E-state index in [4.69, 9.17) is 0 Å². The number of hydrogen-bond donors (Lipinski definition) is 2. The molecular weight excluding hydrogens is 330 g/mol. The van der Waals surface area contributed by atoms with Crippen LogP contribution in [0, 0.1) is 0 Å². The Morgan fingerprint density at radius 2 is 2.19 bits per heavy atom. The number of nitrogens with zero attached hydrogens (tertiary/aromatic N) is 3. The van der Waals surface area contributed by atoms with Gasteiger partial charge in [-0.2, -0.15) is 5.10 Å². The average Bonchev–Trinajstić information content (AvgIpc) is 3.31. The van der Waals surface area contributed by atoms with Crippen molar-refractivity contribution in [1.82, 2.24) is 20.5 Å². The first-order chi connectivity index (χ1) is 12.7. The van der Waals surface area contributed by atoms with Gasteiger partial charge in [0.05, 0.1) is 23.0 Å². The topological polar surface area (TPSA) is 91.0 Å². The van der Waals surface area contributed by atoms with Crippen molar-refractivity contribution in [2.75, 3.05) is 11.4 Å². The van der Waals surface area contributed by atoms with Gasteiger partial charge in [0.1, 0.15) is 11.9 Å². The third kappa shape index (κ3) is 2.81. The van der Waals surface area contributed by atoms with Gasteiger partial charge in [-0.15, -0.1) is 0 Å². The average molecular weight is 349 g/mol. The van der Waals surface area contributed by atoms with Gasteiger partial charge in [0.25, 0.3) is 11.8 Å². The zero-order valence-electron chi connectivity index (χ0n) is 14.4. The van der Waals surface area contributed by atoms with E-state index < -0.39 is 6.04 Å². The van der Waals surface area contributed by atoms with E-state index in [0.29, 0.717) is 30.8 Å². The molecule has 26 heavy (non-hydrogen) atoms. The first kappa shape index (κ1) is 16.3. The zero-order valence-corrected chi connectivity index (χ0v) is 14.4. The summed E-state index contributed by atoms with van der Waals surface area (Å²) < 4.78 is 0. The van der Waals surface area contributed by atoms with Gasteiger partial charge in [0, 0.05) is 18.0 Å². The molecule has 1 atom stereocenters. The number of rotatable bonds is 4. The van der Waals surface area contributed by atoms with Gasteiger partial charge < -0.3 is 5.32 Å². The summed E-state index contributed by atoms with van der Waals surface area (Å²) in [5.41, 5.74) is 2.12. The van der Waals surface area contributed by atoms with Crippen LogP contribution in [0.4, 0.5) is 5.82 Å². The fourth-order valence-corrected chi connectivity index (χ4v) is 3.31. The molecule has 1 saturated heterocycles. The molecule has 1 aliphatic rings. The van der Waals surface area contributed by atoms with E-state index in [1.54, 1.807) is 17.2 Å². The number of benzene rings is 1. The quantitative estimate of drug-likeness (QED) is 0.754. The monoisotopic (exact) mass is 349 g/mol. The molecule has 1 aromatic carbocycles. The Hall–Kier alpha value is -3.22. The van der Waals surface area contributed by atoms with Crippen molar-refractivity contribution in [3.05, 3.63) is 53.9 Å². The number of amides is 2. The second kappa shape index (κ2) is 6.59. The summed E-state index contributed by atoms with van der Waals surface area (Å²) in [5, 5.41) is 10.4. The Bertz CT molecular complexity index is 967. The summed E-state index contributed by atoms with van der Waals surface area (Å²) >= 11 is 0. The molecular formula is C19H19N5O2. The van der Waals surface area contributed by atoms with Gasteiger partial charge in [-0.3, -0.25) is 24.6 Å². The minimum Gasteiger partial charge on any atom is -0.340 e. The second-order valence-corrected chi connectivity index (χ2v) is 6.28. The minimum atomic E-state index is -0.540. The highest BCUT2D eigenvalue weighted by Crippen LogP contribution is 2.21. The molecule has 2 amide bonds. The van der Waals surface area contributed by atoms with Crippen LogP contribution in [0.3, 0.4) is 0 Å². The normalized spacial score (nSPS) is 17.0. The Morgan fingerprint density at radius 3 is 2.96 bits per heavy atom. The number of aromatic nitrogens is 3. The minimum absolute atomic E-state index is 0.130. The summed E-state index contributed by atoms with van der Waals surface area (Å²) in [6, 6.07) is 10.8. The van der Waals surface area contributed by atoms with Gasteiger partial charge in [-0.05, 0) is 25.0 Å². The Morgan fingerprint density at radius 1 is 1.35 bits per heavy atom. The number of carbonyl (C=O) groups is 2. The molecule has 1 unspecified atom stereocenters. The summed E-state index contributed by atoms with van der Waals surface area (Å²) in [7, 11) is 0. The number of carbonyl (C=O) groups excluding carboxylic acids is 2. The predicted octanol–water partition coefficient (Wildman–Crippen LogP) is 2.06. The molecule has 0 aliphatic carbocycles. The number of nitrogens with one attached hydrogen (secondary N) is 2. The second-order valence-electron chi connectivity index (χ2n) is 6.28. The molecule has 7 nitrogen and oxygen atoms in total.